The lowest BCUT2D eigenvalue weighted by Crippen LogP contribution is -2.38. The summed E-state index contributed by atoms with van der Waals surface area (Å²) in [5.74, 6) is 0.588. The smallest absolute Gasteiger partial charge is 0.251 e. The van der Waals surface area contributed by atoms with E-state index in [0.29, 0.717) is 23.6 Å². The van der Waals surface area contributed by atoms with E-state index < -0.39 is 0 Å². The van der Waals surface area contributed by atoms with Gasteiger partial charge in [-0.1, -0.05) is 30.7 Å². The van der Waals surface area contributed by atoms with Crippen molar-refractivity contribution in [3.8, 4) is 5.75 Å². The first-order chi connectivity index (χ1) is 13.0. The molecule has 5 nitrogen and oxygen atoms in total. The van der Waals surface area contributed by atoms with E-state index in [1.54, 1.807) is 0 Å². The second-order valence-electron chi connectivity index (χ2n) is 6.76. The van der Waals surface area contributed by atoms with E-state index in [2.05, 4.69) is 10.3 Å². The van der Waals surface area contributed by atoms with Crippen LogP contribution in [0.2, 0.25) is 0 Å². The Morgan fingerprint density at radius 1 is 1.19 bits per heavy atom. The van der Waals surface area contributed by atoms with Crippen molar-refractivity contribution in [3.63, 3.8) is 0 Å². The molecule has 1 atom stereocenters. The van der Waals surface area contributed by atoms with Crippen LogP contribution in [-0.2, 0) is 0 Å². The van der Waals surface area contributed by atoms with Gasteiger partial charge in [-0.2, -0.15) is 0 Å². The van der Waals surface area contributed by atoms with Crippen LogP contribution in [0.5, 0.6) is 5.75 Å². The number of ether oxygens (including phenoxy) is 1. The number of fused-ring (bicyclic) bond motifs is 1. The Hall–Kier alpha value is -3.08. The first-order valence-electron chi connectivity index (χ1n) is 9.14. The molecule has 0 radical (unpaired) electrons. The number of nitrogens with one attached hydrogen (secondary N) is 1. The maximum Gasteiger partial charge on any atom is 0.251 e. The Labute approximate surface area is 159 Å². The first kappa shape index (κ1) is 18.7. The fourth-order valence-corrected chi connectivity index (χ4v) is 3.05. The molecule has 2 aromatic carbocycles. The summed E-state index contributed by atoms with van der Waals surface area (Å²) in [7, 11) is 0. The molecule has 3 aromatic rings. The van der Waals surface area contributed by atoms with Crippen molar-refractivity contribution in [2.45, 2.75) is 33.2 Å². The molecule has 0 aliphatic carbocycles. The lowest BCUT2D eigenvalue weighted by atomic mass is 10.1. The summed E-state index contributed by atoms with van der Waals surface area (Å²) in [6.45, 7) is 6.27. The van der Waals surface area contributed by atoms with E-state index in [-0.39, 0.29) is 11.9 Å². The molecular formula is C22H25N3O2. The van der Waals surface area contributed by atoms with Crippen molar-refractivity contribution < 1.29 is 9.53 Å². The van der Waals surface area contributed by atoms with Crippen LogP contribution >= 0.6 is 0 Å². The standard InChI is InChI=1S/C22H25N3O2/c1-4-17(25-22(26)16-8-5-7-14(2)11-16)13-27-20-10-6-9-19-21(20)18(23)12-15(3)24-19/h5-12,17H,4,13H2,1-3H3,(H2,23,24)(H,25,26). The van der Waals surface area contributed by atoms with E-state index in [1.807, 2.05) is 69.3 Å². The Bertz CT molecular complexity index is 969. The number of rotatable bonds is 6. The molecule has 3 rings (SSSR count). The highest BCUT2D eigenvalue weighted by molar-refractivity contribution is 5.96. The molecule has 1 unspecified atom stereocenters. The van der Waals surface area contributed by atoms with E-state index in [4.69, 9.17) is 10.5 Å². The zero-order chi connectivity index (χ0) is 19.4. The van der Waals surface area contributed by atoms with E-state index in [9.17, 15) is 4.79 Å². The monoisotopic (exact) mass is 363 g/mol. The molecule has 0 spiro atoms. The maximum atomic E-state index is 12.5. The Morgan fingerprint density at radius 2 is 1.96 bits per heavy atom. The highest BCUT2D eigenvalue weighted by Crippen LogP contribution is 2.30. The second-order valence-corrected chi connectivity index (χ2v) is 6.76. The minimum atomic E-state index is -0.104. The van der Waals surface area contributed by atoms with Crippen LogP contribution < -0.4 is 15.8 Å². The summed E-state index contributed by atoms with van der Waals surface area (Å²) >= 11 is 0. The quantitative estimate of drug-likeness (QED) is 0.693. The lowest BCUT2D eigenvalue weighted by Gasteiger charge is -2.19. The number of carbonyl (C=O) groups is 1. The number of carbonyl (C=O) groups excluding carboxylic acids is 1. The van der Waals surface area contributed by atoms with Gasteiger partial charge in [-0.3, -0.25) is 9.78 Å². The van der Waals surface area contributed by atoms with Crippen molar-refractivity contribution >= 4 is 22.5 Å². The molecule has 5 heteroatoms. The topological polar surface area (TPSA) is 77.2 Å². The van der Waals surface area contributed by atoms with Gasteiger partial charge in [0.05, 0.1) is 16.9 Å². The van der Waals surface area contributed by atoms with Crippen molar-refractivity contribution in [1.29, 1.82) is 0 Å². The van der Waals surface area contributed by atoms with Gasteiger partial charge in [0, 0.05) is 16.9 Å². The molecule has 3 N–H and O–H groups in total. The van der Waals surface area contributed by atoms with Gasteiger partial charge in [-0.15, -0.1) is 0 Å². The summed E-state index contributed by atoms with van der Waals surface area (Å²) in [4.78, 5) is 17.0. The molecule has 0 saturated heterocycles. The summed E-state index contributed by atoms with van der Waals surface area (Å²) in [5.41, 5.74) is 10.2. The molecule has 0 bridgehead atoms. The Morgan fingerprint density at radius 3 is 2.70 bits per heavy atom. The average Bonchev–Trinajstić information content (AvgIpc) is 2.64. The maximum absolute atomic E-state index is 12.5. The molecule has 0 saturated carbocycles. The van der Waals surface area contributed by atoms with Crippen molar-refractivity contribution in [3.05, 3.63) is 65.4 Å². The largest absolute Gasteiger partial charge is 0.491 e. The number of anilines is 1. The molecule has 1 heterocycles. The number of pyridine rings is 1. The number of hydrogen-bond donors (Lipinski definition) is 2. The minimum Gasteiger partial charge on any atom is -0.491 e. The van der Waals surface area contributed by atoms with E-state index in [0.717, 1.165) is 28.6 Å². The van der Waals surface area contributed by atoms with Gasteiger partial charge in [-0.25, -0.2) is 0 Å². The van der Waals surface area contributed by atoms with Crippen LogP contribution in [0.1, 0.15) is 35.0 Å². The molecule has 27 heavy (non-hydrogen) atoms. The van der Waals surface area contributed by atoms with Crippen molar-refractivity contribution in [2.75, 3.05) is 12.3 Å². The average molecular weight is 363 g/mol. The zero-order valence-corrected chi connectivity index (χ0v) is 16.0. The van der Waals surface area contributed by atoms with E-state index in [1.165, 1.54) is 0 Å². The normalized spacial score (nSPS) is 12.0. The van der Waals surface area contributed by atoms with Gasteiger partial charge in [0.25, 0.3) is 5.91 Å². The Kier molecular flexibility index (Phi) is 5.60. The third-order valence-corrected chi connectivity index (χ3v) is 4.50. The highest BCUT2D eigenvalue weighted by Gasteiger charge is 2.15. The van der Waals surface area contributed by atoms with Crippen LogP contribution in [0.4, 0.5) is 5.69 Å². The van der Waals surface area contributed by atoms with Gasteiger partial charge in [0.2, 0.25) is 0 Å². The summed E-state index contributed by atoms with van der Waals surface area (Å²) in [6, 6.07) is 15.0. The third kappa shape index (κ3) is 4.37. The molecule has 1 amide bonds. The SMILES string of the molecule is CCC(COc1cccc2nc(C)cc(N)c12)NC(=O)c1cccc(C)c1. The van der Waals surface area contributed by atoms with Crippen LogP contribution in [0.15, 0.2) is 48.5 Å². The fraction of sp³-hybridized carbons (Fsp3) is 0.273. The number of hydrogen-bond acceptors (Lipinski definition) is 4. The molecule has 0 aliphatic heterocycles. The summed E-state index contributed by atoms with van der Waals surface area (Å²) in [6.07, 6.45) is 0.759. The zero-order valence-electron chi connectivity index (χ0n) is 16.0. The Balaban J connectivity index is 1.73. The number of nitrogens with two attached hydrogens (primary N) is 1. The number of nitrogens with zero attached hydrogens (tertiary/aromatic N) is 1. The predicted octanol–water partition coefficient (Wildman–Crippen LogP) is 4.02. The van der Waals surface area contributed by atoms with Gasteiger partial charge >= 0.3 is 0 Å². The van der Waals surface area contributed by atoms with Gasteiger partial charge in [0.1, 0.15) is 12.4 Å². The number of nitrogen functional groups attached to an aromatic ring is 1. The van der Waals surface area contributed by atoms with Crippen molar-refractivity contribution in [1.82, 2.24) is 10.3 Å². The fourth-order valence-electron chi connectivity index (χ4n) is 3.05. The number of aromatic nitrogens is 1. The molecular weight excluding hydrogens is 338 g/mol. The highest BCUT2D eigenvalue weighted by atomic mass is 16.5. The van der Waals surface area contributed by atoms with Gasteiger partial charge < -0.3 is 15.8 Å². The molecule has 1 aromatic heterocycles. The predicted molar refractivity (Wildman–Crippen MR) is 109 cm³/mol. The number of aryl methyl sites for hydroxylation is 2. The van der Waals surface area contributed by atoms with Crippen LogP contribution in [-0.4, -0.2) is 23.5 Å². The number of amides is 1. The van der Waals surface area contributed by atoms with Crippen molar-refractivity contribution in [2.24, 2.45) is 0 Å². The lowest BCUT2D eigenvalue weighted by molar-refractivity contribution is 0.0920. The summed E-state index contributed by atoms with van der Waals surface area (Å²) in [5, 5.41) is 3.85. The minimum absolute atomic E-state index is 0.0936. The first-order valence-corrected chi connectivity index (χ1v) is 9.14. The summed E-state index contributed by atoms with van der Waals surface area (Å²) < 4.78 is 6.02. The molecule has 0 fully saturated rings. The van der Waals surface area contributed by atoms with E-state index >= 15 is 0 Å². The van der Waals surface area contributed by atoms with Gasteiger partial charge in [0.15, 0.2) is 0 Å². The van der Waals surface area contributed by atoms with Gasteiger partial charge in [-0.05, 0) is 50.6 Å². The molecule has 140 valence electrons. The van der Waals surface area contributed by atoms with Crippen LogP contribution in [0.25, 0.3) is 10.9 Å². The van der Waals surface area contributed by atoms with Crippen LogP contribution in [0, 0.1) is 13.8 Å². The molecule has 0 aliphatic rings. The third-order valence-electron chi connectivity index (χ3n) is 4.50. The van der Waals surface area contributed by atoms with Crippen LogP contribution in [0.3, 0.4) is 0 Å². The number of benzene rings is 2. The second kappa shape index (κ2) is 8.08.